The van der Waals surface area contributed by atoms with E-state index in [1.807, 2.05) is 0 Å². The molecule has 0 fully saturated rings. The van der Waals surface area contributed by atoms with Crippen LogP contribution >= 0.6 is 0 Å². The maximum Gasteiger partial charge on any atom is 0.328 e. The van der Waals surface area contributed by atoms with Crippen molar-refractivity contribution in [2.24, 2.45) is 0 Å². The van der Waals surface area contributed by atoms with Crippen LogP contribution in [0.2, 0.25) is 0 Å². The average molecular weight is 228 g/mol. The van der Waals surface area contributed by atoms with Crippen molar-refractivity contribution in [3.05, 3.63) is 0 Å². The number of carboxylic acids is 1. The van der Waals surface area contributed by atoms with Crippen LogP contribution in [0.15, 0.2) is 0 Å². The SMILES string of the molecule is C#CC(C)(C)NC(=O)NC(C(=O)O)C(C)O. The number of carboxylic acid groups (broad SMARTS) is 1. The lowest BCUT2D eigenvalue weighted by Crippen LogP contribution is -2.55. The normalized spacial score (nSPS) is 14.4. The van der Waals surface area contributed by atoms with Crippen LogP contribution in [0.25, 0.3) is 0 Å². The summed E-state index contributed by atoms with van der Waals surface area (Å²) in [6.07, 6.45) is 3.95. The fourth-order valence-electron chi connectivity index (χ4n) is 0.886. The molecular formula is C10H16N2O4. The Hall–Kier alpha value is -1.74. The van der Waals surface area contributed by atoms with Crippen molar-refractivity contribution in [2.45, 2.75) is 38.5 Å². The van der Waals surface area contributed by atoms with Crippen LogP contribution in [-0.4, -0.2) is 39.9 Å². The van der Waals surface area contributed by atoms with E-state index in [1.54, 1.807) is 13.8 Å². The van der Waals surface area contributed by atoms with Gasteiger partial charge in [-0.05, 0) is 20.8 Å². The molecule has 0 saturated carbocycles. The Morgan fingerprint density at radius 1 is 1.44 bits per heavy atom. The fourth-order valence-corrected chi connectivity index (χ4v) is 0.886. The topological polar surface area (TPSA) is 98.7 Å². The van der Waals surface area contributed by atoms with Crippen LogP contribution in [0.4, 0.5) is 4.79 Å². The van der Waals surface area contributed by atoms with Crippen molar-refractivity contribution in [1.29, 1.82) is 0 Å². The lowest BCUT2D eigenvalue weighted by atomic mass is 10.1. The molecule has 0 spiro atoms. The van der Waals surface area contributed by atoms with E-state index in [2.05, 4.69) is 16.6 Å². The van der Waals surface area contributed by atoms with Gasteiger partial charge in [-0.15, -0.1) is 6.42 Å². The third kappa shape index (κ3) is 4.66. The first kappa shape index (κ1) is 14.3. The van der Waals surface area contributed by atoms with E-state index in [0.717, 1.165) is 0 Å². The van der Waals surface area contributed by atoms with E-state index in [1.165, 1.54) is 6.92 Å². The van der Waals surface area contributed by atoms with Gasteiger partial charge in [0.1, 0.15) is 0 Å². The number of hydrogen-bond acceptors (Lipinski definition) is 3. The summed E-state index contributed by atoms with van der Waals surface area (Å²) in [7, 11) is 0. The van der Waals surface area contributed by atoms with Crippen molar-refractivity contribution >= 4 is 12.0 Å². The van der Waals surface area contributed by atoms with Gasteiger partial charge in [0.25, 0.3) is 0 Å². The molecule has 2 amide bonds. The number of hydrogen-bond donors (Lipinski definition) is 4. The number of carbonyl (C=O) groups is 2. The van der Waals surface area contributed by atoms with Gasteiger partial charge in [-0.2, -0.15) is 0 Å². The molecule has 90 valence electrons. The molecule has 16 heavy (non-hydrogen) atoms. The summed E-state index contributed by atoms with van der Waals surface area (Å²) in [5.41, 5.74) is -0.883. The minimum absolute atomic E-state index is 0.740. The van der Waals surface area contributed by atoms with E-state index in [4.69, 9.17) is 16.6 Å². The number of aliphatic hydroxyl groups excluding tert-OH is 1. The zero-order chi connectivity index (χ0) is 12.9. The molecule has 0 aliphatic rings. The number of carbonyl (C=O) groups excluding carboxylic acids is 1. The first-order chi connectivity index (χ1) is 7.19. The standard InChI is InChI=1S/C10H16N2O4/c1-5-10(3,4)12-9(16)11-7(6(2)13)8(14)15/h1,6-7,13H,2-4H3,(H,14,15)(H2,11,12,16). The Morgan fingerprint density at radius 3 is 2.25 bits per heavy atom. The highest BCUT2D eigenvalue weighted by atomic mass is 16.4. The van der Waals surface area contributed by atoms with Crippen LogP contribution < -0.4 is 10.6 Å². The summed E-state index contributed by atoms with van der Waals surface area (Å²) in [6.45, 7) is 4.45. The summed E-state index contributed by atoms with van der Waals surface area (Å²) in [6, 6.07) is -2.11. The number of aliphatic carboxylic acids is 1. The first-order valence-electron chi connectivity index (χ1n) is 4.67. The van der Waals surface area contributed by atoms with Gasteiger partial charge in [0.2, 0.25) is 0 Å². The molecule has 2 unspecified atom stereocenters. The highest BCUT2D eigenvalue weighted by Crippen LogP contribution is 1.99. The van der Waals surface area contributed by atoms with Crippen molar-refractivity contribution in [1.82, 2.24) is 10.6 Å². The predicted octanol–water partition coefficient (Wildman–Crippen LogP) is -0.469. The molecule has 0 rings (SSSR count). The Balaban J connectivity index is 4.45. The third-order valence-corrected chi connectivity index (χ3v) is 1.82. The molecule has 0 aromatic carbocycles. The van der Waals surface area contributed by atoms with Gasteiger partial charge in [-0.25, -0.2) is 9.59 Å². The van der Waals surface area contributed by atoms with Crippen LogP contribution in [0.5, 0.6) is 0 Å². The van der Waals surface area contributed by atoms with Crippen molar-refractivity contribution in [3.63, 3.8) is 0 Å². The highest BCUT2D eigenvalue weighted by Gasteiger charge is 2.26. The van der Waals surface area contributed by atoms with Gasteiger partial charge >= 0.3 is 12.0 Å². The lowest BCUT2D eigenvalue weighted by molar-refractivity contribution is -0.141. The number of rotatable bonds is 4. The Labute approximate surface area is 94.0 Å². The number of amides is 2. The molecule has 0 aliphatic carbocycles. The molecule has 6 nitrogen and oxygen atoms in total. The second kappa shape index (κ2) is 5.37. The first-order valence-corrected chi connectivity index (χ1v) is 4.67. The van der Waals surface area contributed by atoms with Gasteiger partial charge in [-0.3, -0.25) is 0 Å². The molecule has 4 N–H and O–H groups in total. The van der Waals surface area contributed by atoms with Crippen LogP contribution in [-0.2, 0) is 4.79 Å². The molecule has 0 aromatic rings. The Bertz CT molecular complexity index is 317. The molecule has 2 atom stereocenters. The molecule has 0 radical (unpaired) electrons. The summed E-state index contributed by atoms with van der Waals surface area (Å²) < 4.78 is 0. The number of nitrogens with one attached hydrogen (secondary N) is 2. The minimum atomic E-state index is -1.37. The van der Waals surface area contributed by atoms with Gasteiger partial charge in [-0.1, -0.05) is 5.92 Å². The van der Waals surface area contributed by atoms with Crippen molar-refractivity contribution < 1.29 is 19.8 Å². The van der Waals surface area contributed by atoms with E-state index in [-0.39, 0.29) is 0 Å². The molecule has 6 heteroatoms. The maximum atomic E-state index is 11.3. The second-order valence-electron chi connectivity index (χ2n) is 3.92. The van der Waals surface area contributed by atoms with Crippen molar-refractivity contribution in [3.8, 4) is 12.3 Å². The summed E-state index contributed by atoms with van der Waals surface area (Å²) in [5.74, 6) is 1.01. The van der Waals surface area contributed by atoms with Crippen molar-refractivity contribution in [2.75, 3.05) is 0 Å². The van der Waals surface area contributed by atoms with E-state index >= 15 is 0 Å². The molecule has 0 aliphatic heterocycles. The molecule has 0 saturated heterocycles. The number of urea groups is 1. The zero-order valence-corrected chi connectivity index (χ0v) is 9.44. The van der Waals surface area contributed by atoms with Gasteiger partial charge < -0.3 is 20.8 Å². The minimum Gasteiger partial charge on any atom is -0.480 e. The van der Waals surface area contributed by atoms with Crippen LogP contribution in [0.1, 0.15) is 20.8 Å². The summed E-state index contributed by atoms with van der Waals surface area (Å²) >= 11 is 0. The largest absolute Gasteiger partial charge is 0.480 e. The highest BCUT2D eigenvalue weighted by molar-refractivity contribution is 5.83. The lowest BCUT2D eigenvalue weighted by Gasteiger charge is -2.23. The Morgan fingerprint density at radius 2 is 1.94 bits per heavy atom. The fraction of sp³-hybridized carbons (Fsp3) is 0.600. The van der Waals surface area contributed by atoms with E-state index in [0.29, 0.717) is 0 Å². The molecule has 0 heterocycles. The van der Waals surface area contributed by atoms with Gasteiger partial charge in [0, 0.05) is 0 Å². The third-order valence-electron chi connectivity index (χ3n) is 1.82. The van der Waals surface area contributed by atoms with E-state index < -0.39 is 29.7 Å². The molecule has 0 aromatic heterocycles. The predicted molar refractivity (Wildman–Crippen MR) is 57.7 cm³/mol. The smallest absolute Gasteiger partial charge is 0.328 e. The molecule has 0 bridgehead atoms. The number of terminal acetylenes is 1. The number of aliphatic hydroxyl groups is 1. The van der Waals surface area contributed by atoms with Crippen LogP contribution in [0.3, 0.4) is 0 Å². The van der Waals surface area contributed by atoms with E-state index in [9.17, 15) is 9.59 Å². The summed E-state index contributed by atoms with van der Waals surface area (Å²) in [4.78, 5) is 22.0. The monoisotopic (exact) mass is 228 g/mol. The van der Waals surface area contributed by atoms with Gasteiger partial charge in [0.05, 0.1) is 11.6 Å². The quantitative estimate of drug-likeness (QED) is 0.489. The van der Waals surface area contributed by atoms with Crippen LogP contribution in [0, 0.1) is 12.3 Å². The Kier molecular flexibility index (Phi) is 4.79. The maximum absolute atomic E-state index is 11.3. The van der Waals surface area contributed by atoms with Gasteiger partial charge in [0.15, 0.2) is 6.04 Å². The molecular weight excluding hydrogens is 212 g/mol. The summed E-state index contributed by atoms with van der Waals surface area (Å²) in [5, 5.41) is 22.3. The zero-order valence-electron chi connectivity index (χ0n) is 9.44. The average Bonchev–Trinajstić information content (AvgIpc) is 2.12. The second-order valence-corrected chi connectivity index (χ2v) is 3.92.